The van der Waals surface area contributed by atoms with Crippen LogP contribution in [0.2, 0.25) is 10.0 Å². The molecule has 0 amide bonds. The topological polar surface area (TPSA) is 177 Å². The fourth-order valence-corrected chi connectivity index (χ4v) is 2.11. The summed E-state index contributed by atoms with van der Waals surface area (Å²) in [4.78, 5) is 36.9. The Kier molecular flexibility index (Phi) is 20.7. The van der Waals surface area contributed by atoms with Crippen molar-refractivity contribution in [1.29, 1.82) is 0 Å². The van der Waals surface area contributed by atoms with Crippen molar-refractivity contribution in [3.8, 4) is 5.75 Å². The number of hydrogen-bond donors (Lipinski definition) is 7. The number of methoxy groups -OCH3 is 1. The molecular formula is C15H28Cl2N3O8P. The van der Waals surface area contributed by atoms with Crippen LogP contribution in [0.1, 0.15) is 10.4 Å². The van der Waals surface area contributed by atoms with E-state index in [1.807, 2.05) is 28.2 Å². The molecule has 0 aliphatic rings. The minimum Gasteiger partial charge on any atom is -0.494 e. The molecule has 0 heterocycles. The molecular weight excluding hydrogens is 452 g/mol. The fraction of sp³-hybridized carbons (Fsp3) is 0.467. The van der Waals surface area contributed by atoms with E-state index in [0.717, 1.165) is 0 Å². The maximum atomic E-state index is 10.7. The number of carboxylic acids is 2. The number of benzene rings is 1. The SMILES string of the molecule is CNC.CNC.COc1c(Cl)ccc(Cl)c1C(=O)O.O=C(O)CNCP(=O)(O)O. The van der Waals surface area contributed by atoms with Crippen LogP contribution in [0, 0.1) is 0 Å². The van der Waals surface area contributed by atoms with Crippen LogP contribution >= 0.6 is 30.8 Å². The number of aliphatic carboxylic acids is 1. The van der Waals surface area contributed by atoms with Gasteiger partial charge < -0.3 is 35.4 Å². The zero-order valence-electron chi connectivity index (χ0n) is 16.7. The summed E-state index contributed by atoms with van der Waals surface area (Å²) in [6.07, 6.45) is -0.598. The second-order valence-corrected chi connectivity index (χ2v) is 7.35. The van der Waals surface area contributed by atoms with Crippen LogP contribution in [-0.2, 0) is 9.36 Å². The van der Waals surface area contributed by atoms with Gasteiger partial charge in [-0.1, -0.05) is 23.2 Å². The van der Waals surface area contributed by atoms with Crippen LogP contribution in [0.5, 0.6) is 5.75 Å². The molecule has 0 aliphatic heterocycles. The number of aromatic carboxylic acids is 1. The number of ether oxygens (including phenoxy) is 1. The van der Waals surface area contributed by atoms with Gasteiger partial charge >= 0.3 is 19.5 Å². The van der Waals surface area contributed by atoms with Crippen LogP contribution < -0.4 is 20.7 Å². The molecule has 170 valence electrons. The standard InChI is InChI=1S/C8H6Cl2O3.C3H8NO5P.2C2H7N/c1-13-7-5(10)3-2-4(9)6(7)8(11)12;5-3(6)1-4-2-10(7,8)9;2*1-3-2/h2-3H,1H3,(H,11,12);4H,1-2H2,(H,5,6)(H2,7,8,9);2*3H,1-2H3. The van der Waals surface area contributed by atoms with Crippen molar-refractivity contribution in [3.05, 3.63) is 27.7 Å². The highest BCUT2D eigenvalue weighted by Gasteiger charge is 2.18. The molecule has 14 heteroatoms. The predicted octanol–water partition coefficient (Wildman–Crippen LogP) is 1.17. The Bertz CT molecular complexity index is 657. The van der Waals surface area contributed by atoms with E-state index in [0.29, 0.717) is 0 Å². The molecule has 0 aromatic heterocycles. The van der Waals surface area contributed by atoms with Gasteiger partial charge in [-0.15, -0.1) is 0 Å². The van der Waals surface area contributed by atoms with Crippen molar-refractivity contribution in [2.24, 2.45) is 0 Å². The van der Waals surface area contributed by atoms with Gasteiger partial charge in [0.15, 0.2) is 5.75 Å². The first-order chi connectivity index (χ1) is 13.3. The Hall–Kier alpha value is -1.43. The van der Waals surface area contributed by atoms with Gasteiger partial charge in [0, 0.05) is 0 Å². The molecule has 0 radical (unpaired) electrons. The summed E-state index contributed by atoms with van der Waals surface area (Å²) in [6.45, 7) is -0.439. The van der Waals surface area contributed by atoms with Crippen LogP contribution in [-0.4, -0.2) is 80.1 Å². The molecule has 0 saturated heterocycles. The van der Waals surface area contributed by atoms with Crippen LogP contribution in [0.25, 0.3) is 0 Å². The summed E-state index contributed by atoms with van der Waals surface area (Å²) >= 11 is 11.4. The van der Waals surface area contributed by atoms with E-state index in [1.165, 1.54) is 19.2 Å². The smallest absolute Gasteiger partial charge is 0.341 e. The molecule has 1 rings (SSSR count). The molecule has 0 saturated carbocycles. The van der Waals surface area contributed by atoms with E-state index in [9.17, 15) is 14.2 Å². The van der Waals surface area contributed by atoms with Crippen LogP contribution in [0.15, 0.2) is 12.1 Å². The molecule has 7 N–H and O–H groups in total. The normalized spacial score (nSPS) is 9.55. The molecule has 1 aromatic rings. The zero-order chi connectivity index (χ0) is 23.6. The van der Waals surface area contributed by atoms with Crippen molar-refractivity contribution < 1.29 is 38.9 Å². The molecule has 0 aliphatic carbocycles. The highest BCUT2D eigenvalue weighted by atomic mass is 35.5. The van der Waals surface area contributed by atoms with Gasteiger partial charge in [-0.3, -0.25) is 14.7 Å². The Morgan fingerprint density at radius 3 is 1.72 bits per heavy atom. The third-order valence-electron chi connectivity index (χ3n) is 2.07. The summed E-state index contributed by atoms with van der Waals surface area (Å²) in [5, 5.41) is 24.7. The molecule has 29 heavy (non-hydrogen) atoms. The minimum absolute atomic E-state index is 0.0849. The monoisotopic (exact) mass is 479 g/mol. The van der Waals surface area contributed by atoms with E-state index < -0.39 is 32.4 Å². The highest BCUT2D eigenvalue weighted by molar-refractivity contribution is 7.51. The zero-order valence-corrected chi connectivity index (χ0v) is 19.1. The van der Waals surface area contributed by atoms with E-state index >= 15 is 0 Å². The lowest BCUT2D eigenvalue weighted by atomic mass is 10.2. The fourth-order valence-electron chi connectivity index (χ4n) is 1.24. The summed E-state index contributed by atoms with van der Waals surface area (Å²) < 4.78 is 14.9. The van der Waals surface area contributed by atoms with Crippen molar-refractivity contribution in [1.82, 2.24) is 16.0 Å². The largest absolute Gasteiger partial charge is 0.494 e. The first-order valence-electron chi connectivity index (χ1n) is 7.72. The summed E-state index contributed by atoms with van der Waals surface area (Å²) in [5.41, 5.74) is -0.114. The Morgan fingerprint density at radius 1 is 1.03 bits per heavy atom. The molecule has 1 aromatic carbocycles. The van der Waals surface area contributed by atoms with Crippen molar-refractivity contribution in [2.75, 3.05) is 48.1 Å². The second-order valence-electron chi connectivity index (χ2n) is 4.89. The van der Waals surface area contributed by atoms with E-state index in [-0.39, 0.29) is 21.4 Å². The van der Waals surface area contributed by atoms with Crippen LogP contribution in [0.4, 0.5) is 0 Å². The average Bonchev–Trinajstić information content (AvgIpc) is 2.56. The minimum atomic E-state index is -4.10. The summed E-state index contributed by atoms with van der Waals surface area (Å²) in [5.74, 6) is -2.22. The van der Waals surface area contributed by atoms with Crippen LogP contribution in [0.3, 0.4) is 0 Å². The van der Waals surface area contributed by atoms with E-state index in [4.69, 9.17) is 47.9 Å². The van der Waals surface area contributed by atoms with Gasteiger partial charge in [-0.25, -0.2) is 4.79 Å². The third-order valence-corrected chi connectivity index (χ3v) is 3.32. The Labute approximate surface area is 179 Å². The number of carboxylic acid groups (broad SMARTS) is 2. The molecule has 0 spiro atoms. The average molecular weight is 480 g/mol. The maximum Gasteiger partial charge on any atom is 0.341 e. The number of carbonyl (C=O) groups is 2. The number of rotatable bonds is 6. The predicted molar refractivity (Wildman–Crippen MR) is 112 cm³/mol. The molecule has 0 atom stereocenters. The van der Waals surface area contributed by atoms with Crippen molar-refractivity contribution >= 4 is 42.7 Å². The maximum absolute atomic E-state index is 10.7. The van der Waals surface area contributed by atoms with E-state index in [2.05, 4.69) is 16.0 Å². The van der Waals surface area contributed by atoms with Crippen molar-refractivity contribution in [2.45, 2.75) is 0 Å². The van der Waals surface area contributed by atoms with E-state index in [1.54, 1.807) is 0 Å². The number of halogens is 2. The number of nitrogens with one attached hydrogen (secondary N) is 3. The molecule has 11 nitrogen and oxygen atoms in total. The third kappa shape index (κ3) is 19.7. The first-order valence-corrected chi connectivity index (χ1v) is 10.3. The van der Waals surface area contributed by atoms with Crippen molar-refractivity contribution in [3.63, 3.8) is 0 Å². The lowest BCUT2D eigenvalue weighted by Gasteiger charge is -2.07. The lowest BCUT2D eigenvalue weighted by Crippen LogP contribution is -2.23. The lowest BCUT2D eigenvalue weighted by molar-refractivity contribution is -0.135. The summed E-state index contributed by atoms with van der Waals surface area (Å²) in [6, 6.07) is 2.89. The Balaban J connectivity index is -0.000000374. The molecule has 0 unspecified atom stereocenters. The Morgan fingerprint density at radius 2 is 1.45 bits per heavy atom. The van der Waals surface area contributed by atoms with Gasteiger partial charge in [-0.2, -0.15) is 0 Å². The van der Waals surface area contributed by atoms with Gasteiger partial charge in [-0.05, 0) is 40.3 Å². The highest BCUT2D eigenvalue weighted by Crippen LogP contribution is 2.33. The quantitative estimate of drug-likeness (QED) is 0.291. The summed E-state index contributed by atoms with van der Waals surface area (Å²) in [7, 11) is 4.74. The van der Waals surface area contributed by atoms with Gasteiger partial charge in [0.2, 0.25) is 0 Å². The second kappa shape index (κ2) is 18.6. The first kappa shape index (κ1) is 32.2. The molecule has 0 bridgehead atoms. The van der Waals surface area contributed by atoms with Gasteiger partial charge in [0.05, 0.1) is 30.0 Å². The number of hydrogen-bond acceptors (Lipinski definition) is 7. The van der Waals surface area contributed by atoms with Gasteiger partial charge in [0.25, 0.3) is 0 Å². The molecule has 0 fully saturated rings. The van der Waals surface area contributed by atoms with Gasteiger partial charge in [0.1, 0.15) is 5.56 Å².